The summed E-state index contributed by atoms with van der Waals surface area (Å²) >= 11 is 1.80. The van der Waals surface area contributed by atoms with Crippen molar-refractivity contribution in [2.24, 2.45) is 0 Å². The summed E-state index contributed by atoms with van der Waals surface area (Å²) in [6.45, 7) is 5.77. The maximum atomic E-state index is 12.5. The van der Waals surface area contributed by atoms with E-state index in [4.69, 9.17) is 4.74 Å². The molecule has 1 N–H and O–H groups in total. The topological polar surface area (TPSA) is 38.3 Å². The molecule has 4 heteroatoms. The molecule has 144 valence electrons. The number of carbonyl (C=O) groups is 1. The van der Waals surface area contributed by atoms with Crippen LogP contribution >= 0.6 is 11.8 Å². The Morgan fingerprint density at radius 3 is 2.50 bits per heavy atom. The van der Waals surface area contributed by atoms with Gasteiger partial charge in [0.15, 0.2) is 6.10 Å². The standard InChI is InChI=1S/C24H25NO2S/c1-17-8-7-9-21(14-17)27-19(3)24(26)25-23-13-12-20(15-18(23)2)16-28-22-10-5-4-6-11-22/h4-15,19H,16H2,1-3H3,(H,25,26). The lowest BCUT2D eigenvalue weighted by molar-refractivity contribution is -0.122. The molecule has 0 aromatic heterocycles. The lowest BCUT2D eigenvalue weighted by Gasteiger charge is -2.16. The van der Waals surface area contributed by atoms with E-state index in [-0.39, 0.29) is 5.91 Å². The Labute approximate surface area is 171 Å². The molecule has 1 atom stereocenters. The van der Waals surface area contributed by atoms with Crippen LogP contribution in [0.3, 0.4) is 0 Å². The lowest BCUT2D eigenvalue weighted by Crippen LogP contribution is -2.30. The number of hydrogen-bond acceptors (Lipinski definition) is 3. The molecule has 1 unspecified atom stereocenters. The average molecular weight is 392 g/mol. The van der Waals surface area contributed by atoms with Crippen LogP contribution in [0.5, 0.6) is 5.75 Å². The molecular formula is C24H25NO2S. The molecule has 0 fully saturated rings. The van der Waals surface area contributed by atoms with Crippen LogP contribution in [0.25, 0.3) is 0 Å². The van der Waals surface area contributed by atoms with Gasteiger partial charge in [-0.05, 0) is 67.8 Å². The van der Waals surface area contributed by atoms with Crippen molar-refractivity contribution in [2.45, 2.75) is 37.5 Å². The third kappa shape index (κ3) is 5.64. The summed E-state index contributed by atoms with van der Waals surface area (Å²) in [5, 5.41) is 2.98. The van der Waals surface area contributed by atoms with Gasteiger partial charge in [-0.2, -0.15) is 0 Å². The number of thioether (sulfide) groups is 1. The zero-order chi connectivity index (χ0) is 19.9. The predicted octanol–water partition coefficient (Wildman–Crippen LogP) is 6.00. The number of carbonyl (C=O) groups excluding carboxylic acids is 1. The first kappa shape index (κ1) is 20.0. The first-order chi connectivity index (χ1) is 13.5. The normalized spacial score (nSPS) is 11.7. The average Bonchev–Trinajstić information content (AvgIpc) is 2.69. The zero-order valence-corrected chi connectivity index (χ0v) is 17.3. The van der Waals surface area contributed by atoms with Gasteiger partial charge < -0.3 is 10.1 Å². The van der Waals surface area contributed by atoms with Crippen LogP contribution in [0.2, 0.25) is 0 Å². The zero-order valence-electron chi connectivity index (χ0n) is 16.4. The van der Waals surface area contributed by atoms with Gasteiger partial charge in [0.25, 0.3) is 5.91 Å². The van der Waals surface area contributed by atoms with Gasteiger partial charge in [0.05, 0.1) is 0 Å². The molecule has 3 rings (SSSR count). The summed E-state index contributed by atoms with van der Waals surface area (Å²) in [7, 11) is 0. The summed E-state index contributed by atoms with van der Waals surface area (Å²) in [6, 6.07) is 24.2. The quantitative estimate of drug-likeness (QED) is 0.502. The van der Waals surface area contributed by atoms with E-state index in [9.17, 15) is 4.79 Å². The molecule has 0 heterocycles. The van der Waals surface area contributed by atoms with E-state index in [1.807, 2.05) is 62.4 Å². The van der Waals surface area contributed by atoms with E-state index in [1.54, 1.807) is 18.7 Å². The Kier molecular flexibility index (Phi) is 6.77. The molecule has 0 bridgehead atoms. The molecule has 0 spiro atoms. The van der Waals surface area contributed by atoms with E-state index in [1.165, 1.54) is 10.5 Å². The van der Waals surface area contributed by atoms with Gasteiger partial charge in [-0.15, -0.1) is 11.8 Å². The third-order valence-electron chi connectivity index (χ3n) is 4.37. The molecule has 3 aromatic carbocycles. The SMILES string of the molecule is Cc1cccc(OC(C)C(=O)Nc2ccc(CSc3ccccc3)cc2C)c1. The minimum atomic E-state index is -0.575. The molecule has 3 nitrogen and oxygen atoms in total. The van der Waals surface area contributed by atoms with E-state index in [0.717, 1.165) is 22.6 Å². The summed E-state index contributed by atoms with van der Waals surface area (Å²) in [4.78, 5) is 13.8. The number of benzene rings is 3. The maximum absolute atomic E-state index is 12.5. The number of amides is 1. The Hall–Kier alpha value is -2.72. The minimum Gasteiger partial charge on any atom is -0.481 e. The second-order valence-corrected chi connectivity index (χ2v) is 7.87. The largest absolute Gasteiger partial charge is 0.481 e. The smallest absolute Gasteiger partial charge is 0.265 e. The van der Waals surface area contributed by atoms with Crippen LogP contribution in [0, 0.1) is 13.8 Å². The lowest BCUT2D eigenvalue weighted by atomic mass is 10.1. The third-order valence-corrected chi connectivity index (χ3v) is 5.45. The van der Waals surface area contributed by atoms with Crippen molar-refractivity contribution < 1.29 is 9.53 Å². The van der Waals surface area contributed by atoms with Crippen LogP contribution in [-0.4, -0.2) is 12.0 Å². The fourth-order valence-corrected chi connectivity index (χ4v) is 3.68. The molecule has 28 heavy (non-hydrogen) atoms. The summed E-state index contributed by atoms with van der Waals surface area (Å²) in [5.74, 6) is 1.44. The Bertz CT molecular complexity index is 940. The highest BCUT2D eigenvalue weighted by Crippen LogP contribution is 2.25. The van der Waals surface area contributed by atoms with Gasteiger partial charge >= 0.3 is 0 Å². The van der Waals surface area contributed by atoms with Crippen molar-refractivity contribution in [2.75, 3.05) is 5.32 Å². The number of rotatable bonds is 7. The molecular weight excluding hydrogens is 366 g/mol. The van der Waals surface area contributed by atoms with E-state index in [2.05, 4.69) is 29.6 Å². The van der Waals surface area contributed by atoms with Gasteiger partial charge in [0.1, 0.15) is 5.75 Å². The number of ether oxygens (including phenoxy) is 1. The monoisotopic (exact) mass is 391 g/mol. The second-order valence-electron chi connectivity index (χ2n) is 6.82. The maximum Gasteiger partial charge on any atom is 0.265 e. The van der Waals surface area contributed by atoms with E-state index >= 15 is 0 Å². The first-order valence-electron chi connectivity index (χ1n) is 9.33. The number of anilines is 1. The highest BCUT2D eigenvalue weighted by molar-refractivity contribution is 7.98. The molecule has 1 amide bonds. The van der Waals surface area contributed by atoms with Crippen LogP contribution in [0.15, 0.2) is 77.7 Å². The highest BCUT2D eigenvalue weighted by atomic mass is 32.2. The number of hydrogen-bond donors (Lipinski definition) is 1. The molecule has 0 saturated carbocycles. The molecule has 0 aliphatic carbocycles. The van der Waals surface area contributed by atoms with Gasteiger partial charge in [-0.25, -0.2) is 0 Å². The van der Waals surface area contributed by atoms with Crippen molar-refractivity contribution in [1.29, 1.82) is 0 Å². The van der Waals surface area contributed by atoms with E-state index in [0.29, 0.717) is 5.75 Å². The summed E-state index contributed by atoms with van der Waals surface area (Å²) in [6.07, 6.45) is -0.575. The Morgan fingerprint density at radius 2 is 1.79 bits per heavy atom. The molecule has 3 aromatic rings. The van der Waals surface area contributed by atoms with Crippen LogP contribution in [-0.2, 0) is 10.5 Å². The number of aryl methyl sites for hydroxylation is 2. The Balaban J connectivity index is 1.58. The van der Waals surface area contributed by atoms with Crippen molar-refractivity contribution >= 4 is 23.4 Å². The summed E-state index contributed by atoms with van der Waals surface area (Å²) < 4.78 is 5.76. The van der Waals surface area contributed by atoms with Gasteiger partial charge in [0, 0.05) is 16.3 Å². The minimum absolute atomic E-state index is 0.156. The predicted molar refractivity (Wildman–Crippen MR) is 117 cm³/mol. The molecule has 0 aliphatic rings. The summed E-state index contributed by atoms with van der Waals surface area (Å²) in [5.41, 5.74) is 4.19. The highest BCUT2D eigenvalue weighted by Gasteiger charge is 2.16. The van der Waals surface area contributed by atoms with Crippen molar-refractivity contribution in [1.82, 2.24) is 0 Å². The van der Waals surface area contributed by atoms with Crippen molar-refractivity contribution in [3.8, 4) is 5.75 Å². The molecule has 0 aliphatic heterocycles. The van der Waals surface area contributed by atoms with Crippen LogP contribution < -0.4 is 10.1 Å². The van der Waals surface area contributed by atoms with E-state index < -0.39 is 6.10 Å². The second kappa shape index (κ2) is 9.47. The van der Waals surface area contributed by atoms with Crippen LogP contribution in [0.1, 0.15) is 23.6 Å². The fourth-order valence-electron chi connectivity index (χ4n) is 2.82. The van der Waals surface area contributed by atoms with Gasteiger partial charge in [-0.3, -0.25) is 4.79 Å². The first-order valence-corrected chi connectivity index (χ1v) is 10.3. The van der Waals surface area contributed by atoms with Crippen molar-refractivity contribution in [3.05, 3.63) is 89.5 Å². The van der Waals surface area contributed by atoms with Gasteiger partial charge in [0.2, 0.25) is 0 Å². The molecule has 0 saturated heterocycles. The number of nitrogens with one attached hydrogen (secondary N) is 1. The Morgan fingerprint density at radius 1 is 1.00 bits per heavy atom. The fraction of sp³-hybridized carbons (Fsp3) is 0.208. The van der Waals surface area contributed by atoms with Crippen LogP contribution in [0.4, 0.5) is 5.69 Å². The van der Waals surface area contributed by atoms with Gasteiger partial charge in [-0.1, -0.05) is 42.5 Å². The van der Waals surface area contributed by atoms with Crippen molar-refractivity contribution in [3.63, 3.8) is 0 Å². The molecule has 0 radical (unpaired) electrons.